The van der Waals surface area contributed by atoms with Crippen LogP contribution in [0.1, 0.15) is 44.0 Å². The summed E-state index contributed by atoms with van der Waals surface area (Å²) in [7, 11) is 0. The number of para-hydroxylation sites is 1. The van der Waals surface area contributed by atoms with E-state index in [1.807, 2.05) is 20.8 Å². The predicted octanol–water partition coefficient (Wildman–Crippen LogP) is 2.95. The summed E-state index contributed by atoms with van der Waals surface area (Å²) in [5.74, 6) is -0.398. The van der Waals surface area contributed by atoms with Crippen molar-refractivity contribution in [1.82, 2.24) is 5.32 Å². The summed E-state index contributed by atoms with van der Waals surface area (Å²) in [5, 5.41) is 17.0. The summed E-state index contributed by atoms with van der Waals surface area (Å²) in [6.45, 7) is 6.34. The Kier molecular flexibility index (Phi) is 5.96. The quantitative estimate of drug-likeness (QED) is 0.593. The van der Waals surface area contributed by atoms with Crippen LogP contribution < -0.4 is 10.6 Å². The van der Waals surface area contributed by atoms with Crippen LogP contribution in [0.15, 0.2) is 18.2 Å². The zero-order valence-electron chi connectivity index (χ0n) is 12.1. The highest BCUT2D eigenvalue weighted by molar-refractivity contribution is 6.00. The summed E-state index contributed by atoms with van der Waals surface area (Å²) in [6.07, 6.45) is 1.59. The molecule has 0 aromatic heterocycles. The lowest BCUT2D eigenvalue weighted by molar-refractivity contribution is -0.384. The number of hydrogen-bond donors (Lipinski definition) is 2. The second kappa shape index (κ2) is 7.47. The molecule has 0 spiro atoms. The maximum atomic E-state index is 12.2. The van der Waals surface area contributed by atoms with Gasteiger partial charge in [0, 0.05) is 12.6 Å². The number of benzene rings is 1. The second-order valence-corrected chi connectivity index (χ2v) is 4.48. The average Bonchev–Trinajstić information content (AvgIpc) is 2.44. The lowest BCUT2D eigenvalue weighted by Gasteiger charge is -2.15. The lowest BCUT2D eigenvalue weighted by Crippen LogP contribution is -2.34. The summed E-state index contributed by atoms with van der Waals surface area (Å²) < 4.78 is 0. The number of amides is 1. The van der Waals surface area contributed by atoms with E-state index >= 15 is 0 Å². The van der Waals surface area contributed by atoms with Gasteiger partial charge in [0.15, 0.2) is 0 Å². The zero-order chi connectivity index (χ0) is 15.1. The SMILES string of the molecule is CCNc1cccc(C(=O)NC(CC)CC)c1[N+](=O)[O-]. The molecule has 1 rings (SSSR count). The maximum Gasteiger partial charge on any atom is 0.305 e. The van der Waals surface area contributed by atoms with Crippen molar-refractivity contribution in [1.29, 1.82) is 0 Å². The molecule has 0 aliphatic heterocycles. The molecule has 1 amide bonds. The van der Waals surface area contributed by atoms with Crippen molar-refractivity contribution < 1.29 is 9.72 Å². The number of carbonyl (C=O) groups excluding carboxylic acids is 1. The largest absolute Gasteiger partial charge is 0.380 e. The highest BCUT2D eigenvalue weighted by Gasteiger charge is 2.25. The molecule has 2 N–H and O–H groups in total. The number of anilines is 1. The number of rotatable bonds is 7. The Balaban J connectivity index is 3.13. The fourth-order valence-corrected chi connectivity index (χ4v) is 2.01. The Morgan fingerprint density at radius 1 is 1.30 bits per heavy atom. The van der Waals surface area contributed by atoms with Gasteiger partial charge >= 0.3 is 5.69 Å². The second-order valence-electron chi connectivity index (χ2n) is 4.48. The van der Waals surface area contributed by atoms with Gasteiger partial charge in [0.05, 0.1) is 4.92 Å². The molecule has 0 radical (unpaired) electrons. The van der Waals surface area contributed by atoms with Gasteiger partial charge in [0.25, 0.3) is 5.91 Å². The number of hydrogen-bond acceptors (Lipinski definition) is 4. The summed E-state index contributed by atoms with van der Waals surface area (Å²) in [5.41, 5.74) is 0.299. The van der Waals surface area contributed by atoms with Crippen LogP contribution in [0.25, 0.3) is 0 Å². The number of nitrogens with one attached hydrogen (secondary N) is 2. The fraction of sp³-hybridized carbons (Fsp3) is 0.500. The lowest BCUT2D eigenvalue weighted by atomic mass is 10.1. The maximum absolute atomic E-state index is 12.2. The van der Waals surface area contributed by atoms with Gasteiger partial charge in [-0.3, -0.25) is 14.9 Å². The van der Waals surface area contributed by atoms with E-state index in [4.69, 9.17) is 0 Å². The van der Waals surface area contributed by atoms with Crippen molar-refractivity contribution >= 4 is 17.3 Å². The van der Waals surface area contributed by atoms with Crippen LogP contribution in [-0.2, 0) is 0 Å². The minimum Gasteiger partial charge on any atom is -0.380 e. The monoisotopic (exact) mass is 279 g/mol. The van der Waals surface area contributed by atoms with Crippen LogP contribution in [0.2, 0.25) is 0 Å². The van der Waals surface area contributed by atoms with Crippen molar-refractivity contribution in [3.05, 3.63) is 33.9 Å². The Hall–Kier alpha value is -2.11. The normalized spacial score (nSPS) is 10.4. The van der Waals surface area contributed by atoms with Crippen LogP contribution in [0.4, 0.5) is 11.4 Å². The van der Waals surface area contributed by atoms with Crippen molar-refractivity contribution in [2.75, 3.05) is 11.9 Å². The van der Waals surface area contributed by atoms with Gasteiger partial charge in [-0.15, -0.1) is 0 Å². The third kappa shape index (κ3) is 3.69. The summed E-state index contributed by atoms with van der Waals surface area (Å²) in [4.78, 5) is 22.9. The van der Waals surface area contributed by atoms with E-state index in [0.29, 0.717) is 12.2 Å². The number of nitrogens with zero attached hydrogens (tertiary/aromatic N) is 1. The van der Waals surface area contributed by atoms with Gasteiger partial charge < -0.3 is 10.6 Å². The minimum atomic E-state index is -0.514. The van der Waals surface area contributed by atoms with Gasteiger partial charge in [0.1, 0.15) is 11.3 Å². The van der Waals surface area contributed by atoms with Gasteiger partial charge in [0.2, 0.25) is 0 Å². The van der Waals surface area contributed by atoms with Crippen molar-refractivity contribution in [3.63, 3.8) is 0 Å². The van der Waals surface area contributed by atoms with Crippen LogP contribution in [0.5, 0.6) is 0 Å². The highest BCUT2D eigenvalue weighted by atomic mass is 16.6. The van der Waals surface area contributed by atoms with Crippen LogP contribution in [0, 0.1) is 10.1 Å². The smallest absolute Gasteiger partial charge is 0.305 e. The van der Waals surface area contributed by atoms with Gasteiger partial charge in [-0.25, -0.2) is 0 Å². The molecule has 0 fully saturated rings. The number of carbonyl (C=O) groups is 1. The molecule has 0 saturated carbocycles. The Morgan fingerprint density at radius 3 is 2.45 bits per heavy atom. The zero-order valence-corrected chi connectivity index (χ0v) is 12.1. The van der Waals surface area contributed by atoms with Crippen molar-refractivity contribution in [2.24, 2.45) is 0 Å². The highest BCUT2D eigenvalue weighted by Crippen LogP contribution is 2.28. The van der Waals surface area contributed by atoms with E-state index in [-0.39, 0.29) is 17.3 Å². The Labute approximate surface area is 118 Å². The molecule has 0 bridgehead atoms. The molecule has 0 atom stereocenters. The first-order valence-corrected chi connectivity index (χ1v) is 6.87. The van der Waals surface area contributed by atoms with Crippen LogP contribution in [-0.4, -0.2) is 23.4 Å². The molecule has 0 saturated heterocycles. The summed E-state index contributed by atoms with van der Waals surface area (Å²) >= 11 is 0. The fourth-order valence-electron chi connectivity index (χ4n) is 2.01. The topological polar surface area (TPSA) is 84.3 Å². The third-order valence-electron chi connectivity index (χ3n) is 3.15. The third-order valence-corrected chi connectivity index (χ3v) is 3.15. The molecule has 0 unspecified atom stereocenters. The van der Waals surface area contributed by atoms with E-state index in [1.165, 1.54) is 6.07 Å². The average molecular weight is 279 g/mol. The first-order valence-electron chi connectivity index (χ1n) is 6.87. The van der Waals surface area contributed by atoms with E-state index in [0.717, 1.165) is 12.8 Å². The molecule has 6 nitrogen and oxygen atoms in total. The van der Waals surface area contributed by atoms with Gasteiger partial charge in [-0.05, 0) is 31.9 Å². The Bertz CT molecular complexity index is 485. The molecule has 0 heterocycles. The van der Waals surface area contributed by atoms with Gasteiger partial charge in [-0.2, -0.15) is 0 Å². The summed E-state index contributed by atoms with van der Waals surface area (Å²) in [6, 6.07) is 4.77. The molecular weight excluding hydrogens is 258 g/mol. The molecule has 0 aliphatic rings. The minimum absolute atomic E-state index is 0.0323. The molecule has 6 heteroatoms. The van der Waals surface area contributed by atoms with Crippen molar-refractivity contribution in [3.8, 4) is 0 Å². The first-order chi connectivity index (χ1) is 9.54. The van der Waals surface area contributed by atoms with E-state index < -0.39 is 10.8 Å². The molecule has 0 aliphatic carbocycles. The molecular formula is C14H21N3O3. The van der Waals surface area contributed by atoms with E-state index in [1.54, 1.807) is 12.1 Å². The molecule has 20 heavy (non-hydrogen) atoms. The van der Waals surface area contributed by atoms with Crippen molar-refractivity contribution in [2.45, 2.75) is 39.7 Å². The first kappa shape index (κ1) is 15.9. The number of nitro groups is 1. The number of nitro benzene ring substituents is 1. The predicted molar refractivity (Wildman–Crippen MR) is 79.1 cm³/mol. The van der Waals surface area contributed by atoms with E-state index in [9.17, 15) is 14.9 Å². The standard InChI is InChI=1S/C14H21N3O3/c1-4-10(5-2)16-14(18)11-8-7-9-12(15-6-3)13(11)17(19)20/h7-10,15H,4-6H2,1-3H3,(H,16,18). The molecule has 1 aromatic rings. The molecule has 1 aromatic carbocycles. The van der Waals surface area contributed by atoms with Crippen LogP contribution >= 0.6 is 0 Å². The van der Waals surface area contributed by atoms with Gasteiger partial charge in [-0.1, -0.05) is 19.9 Å². The molecule has 110 valence electrons. The van der Waals surface area contributed by atoms with E-state index in [2.05, 4.69) is 10.6 Å². The van der Waals surface area contributed by atoms with Crippen LogP contribution in [0.3, 0.4) is 0 Å². The Morgan fingerprint density at radius 2 is 1.95 bits per heavy atom.